The van der Waals surface area contributed by atoms with Crippen LogP contribution < -0.4 is 5.32 Å². The van der Waals surface area contributed by atoms with Crippen LogP contribution >= 0.6 is 0 Å². The molecule has 1 heterocycles. The Balaban J connectivity index is 2.50. The van der Waals surface area contributed by atoms with Crippen LogP contribution in [0.25, 0.3) is 0 Å². The molecule has 3 heteroatoms. The number of hydrogen-bond donors (Lipinski definition) is 1. The molecule has 0 unspecified atom stereocenters. The van der Waals surface area contributed by atoms with Crippen LogP contribution in [0.15, 0.2) is 0 Å². The van der Waals surface area contributed by atoms with Gasteiger partial charge in [-0.2, -0.15) is 0 Å². The first-order valence-electron chi connectivity index (χ1n) is 5.72. The van der Waals surface area contributed by atoms with E-state index in [-0.39, 0.29) is 11.8 Å². The maximum atomic E-state index is 12.1. The van der Waals surface area contributed by atoms with Crippen LogP contribution in [0.2, 0.25) is 0 Å². The third-order valence-corrected chi connectivity index (χ3v) is 2.73. The number of rotatable bonds is 4. The molecule has 0 aliphatic carbocycles. The maximum absolute atomic E-state index is 12.1. The first kappa shape index (κ1) is 12.1. The first-order valence-corrected chi connectivity index (χ1v) is 5.72. The fourth-order valence-corrected chi connectivity index (χ4v) is 1.97. The molecule has 0 aromatic carbocycles. The topological polar surface area (TPSA) is 32.3 Å². The molecule has 0 aromatic rings. The van der Waals surface area contributed by atoms with Crippen molar-refractivity contribution in [2.24, 2.45) is 5.92 Å². The Hall–Kier alpha value is -1.01. The van der Waals surface area contributed by atoms with E-state index in [2.05, 4.69) is 18.2 Å². The van der Waals surface area contributed by atoms with E-state index in [1.165, 1.54) is 0 Å². The molecular formula is C12H20N2O. The molecule has 1 aliphatic rings. The molecule has 0 spiro atoms. The molecule has 0 radical (unpaired) electrons. The Kier molecular flexibility index (Phi) is 5.20. The lowest BCUT2D eigenvalue weighted by atomic mass is 9.98. The molecule has 1 aliphatic heterocycles. The molecular weight excluding hydrogens is 188 g/mol. The van der Waals surface area contributed by atoms with Gasteiger partial charge in [-0.3, -0.25) is 4.79 Å². The zero-order valence-corrected chi connectivity index (χ0v) is 9.46. The van der Waals surface area contributed by atoms with Gasteiger partial charge in [0.15, 0.2) is 0 Å². The lowest BCUT2D eigenvalue weighted by molar-refractivity contribution is -0.135. The van der Waals surface area contributed by atoms with Crippen LogP contribution in [0, 0.1) is 18.3 Å². The molecule has 0 aromatic heterocycles. The Morgan fingerprint density at radius 3 is 3.00 bits per heavy atom. The lowest BCUT2D eigenvalue weighted by Gasteiger charge is -2.28. The van der Waals surface area contributed by atoms with Crippen LogP contribution in [0.4, 0.5) is 0 Å². The summed E-state index contributed by atoms with van der Waals surface area (Å²) in [5.74, 6) is 2.92. The second-order valence-corrected chi connectivity index (χ2v) is 4.01. The van der Waals surface area contributed by atoms with Gasteiger partial charge >= 0.3 is 0 Å². The number of carbonyl (C=O) groups is 1. The van der Waals surface area contributed by atoms with Gasteiger partial charge in [0.05, 0.1) is 12.5 Å². The van der Waals surface area contributed by atoms with Gasteiger partial charge in [-0.25, -0.2) is 0 Å². The Morgan fingerprint density at radius 1 is 1.67 bits per heavy atom. The van der Waals surface area contributed by atoms with E-state index in [9.17, 15) is 4.79 Å². The van der Waals surface area contributed by atoms with Gasteiger partial charge in [0.25, 0.3) is 0 Å². The molecule has 3 nitrogen and oxygen atoms in total. The molecule has 1 atom stereocenters. The van der Waals surface area contributed by atoms with Crippen LogP contribution in [0.5, 0.6) is 0 Å². The fourth-order valence-electron chi connectivity index (χ4n) is 1.97. The largest absolute Gasteiger partial charge is 0.331 e. The summed E-state index contributed by atoms with van der Waals surface area (Å²) in [4.78, 5) is 13.9. The van der Waals surface area contributed by atoms with E-state index in [1.807, 2.05) is 0 Å². The van der Waals surface area contributed by atoms with Crippen molar-refractivity contribution in [3.05, 3.63) is 0 Å². The third-order valence-electron chi connectivity index (χ3n) is 2.73. The molecule has 84 valence electrons. The zero-order chi connectivity index (χ0) is 11.1. The van der Waals surface area contributed by atoms with Crippen molar-refractivity contribution >= 4 is 5.91 Å². The molecule has 1 amide bonds. The summed E-state index contributed by atoms with van der Waals surface area (Å²) in [6, 6.07) is 0. The van der Waals surface area contributed by atoms with E-state index in [1.54, 1.807) is 4.90 Å². The van der Waals surface area contributed by atoms with Crippen molar-refractivity contribution in [2.45, 2.75) is 26.2 Å². The Bertz CT molecular complexity index is 238. The van der Waals surface area contributed by atoms with Gasteiger partial charge in [-0.15, -0.1) is 6.42 Å². The molecule has 0 saturated carbocycles. The average Bonchev–Trinajstić information content (AvgIpc) is 2.29. The molecule has 1 N–H and O–H groups in total. The summed E-state index contributed by atoms with van der Waals surface area (Å²) in [7, 11) is 0. The van der Waals surface area contributed by atoms with Crippen molar-refractivity contribution < 1.29 is 4.79 Å². The summed E-state index contributed by atoms with van der Waals surface area (Å²) >= 11 is 0. The highest BCUT2D eigenvalue weighted by molar-refractivity contribution is 5.79. The van der Waals surface area contributed by atoms with Crippen molar-refractivity contribution in [2.75, 3.05) is 26.2 Å². The number of amides is 1. The van der Waals surface area contributed by atoms with E-state index in [4.69, 9.17) is 6.42 Å². The van der Waals surface area contributed by atoms with Gasteiger partial charge in [-0.05, 0) is 25.8 Å². The predicted octanol–water partition coefficient (Wildman–Crippen LogP) is 0.858. The number of nitrogens with zero attached hydrogens (tertiary/aromatic N) is 1. The number of hydrogen-bond acceptors (Lipinski definition) is 2. The molecule has 1 rings (SSSR count). The van der Waals surface area contributed by atoms with Crippen LogP contribution in [0.1, 0.15) is 26.2 Å². The molecule has 0 bridgehead atoms. The maximum Gasteiger partial charge on any atom is 0.227 e. The number of piperidine rings is 1. The van der Waals surface area contributed by atoms with Crippen molar-refractivity contribution in [1.82, 2.24) is 10.2 Å². The monoisotopic (exact) mass is 208 g/mol. The minimum Gasteiger partial charge on any atom is -0.331 e. The van der Waals surface area contributed by atoms with Crippen LogP contribution in [0.3, 0.4) is 0 Å². The SMILES string of the molecule is C#CCN(CCC)C(=O)[C@@H]1CCCNC1. The summed E-state index contributed by atoms with van der Waals surface area (Å²) in [5, 5.41) is 3.26. The van der Waals surface area contributed by atoms with Crippen molar-refractivity contribution in [3.8, 4) is 12.3 Å². The van der Waals surface area contributed by atoms with E-state index >= 15 is 0 Å². The zero-order valence-electron chi connectivity index (χ0n) is 9.46. The smallest absolute Gasteiger partial charge is 0.227 e. The van der Waals surface area contributed by atoms with Crippen LogP contribution in [-0.4, -0.2) is 37.0 Å². The van der Waals surface area contributed by atoms with E-state index < -0.39 is 0 Å². The second-order valence-electron chi connectivity index (χ2n) is 4.01. The molecule has 1 saturated heterocycles. The van der Waals surface area contributed by atoms with Crippen molar-refractivity contribution in [1.29, 1.82) is 0 Å². The van der Waals surface area contributed by atoms with E-state index in [0.717, 1.165) is 38.9 Å². The highest BCUT2D eigenvalue weighted by Gasteiger charge is 2.24. The average molecular weight is 208 g/mol. The Morgan fingerprint density at radius 2 is 2.47 bits per heavy atom. The van der Waals surface area contributed by atoms with Crippen molar-refractivity contribution in [3.63, 3.8) is 0 Å². The quantitative estimate of drug-likeness (QED) is 0.695. The number of terminal acetylenes is 1. The van der Waals surface area contributed by atoms with Gasteiger partial charge in [0.1, 0.15) is 0 Å². The first-order chi connectivity index (χ1) is 7.29. The minimum atomic E-state index is 0.138. The third kappa shape index (κ3) is 3.56. The normalized spacial score (nSPS) is 20.7. The van der Waals surface area contributed by atoms with Gasteiger partial charge < -0.3 is 10.2 Å². The summed E-state index contributed by atoms with van der Waals surface area (Å²) in [5.41, 5.74) is 0. The number of nitrogens with one attached hydrogen (secondary N) is 1. The molecule has 1 fully saturated rings. The minimum absolute atomic E-state index is 0.138. The van der Waals surface area contributed by atoms with Gasteiger partial charge in [0.2, 0.25) is 5.91 Å². The standard InChI is InChI=1S/C12H20N2O/c1-3-8-14(9-4-2)12(15)11-6-5-7-13-10-11/h1,11,13H,4-10H2,2H3/t11-/m1/s1. The summed E-state index contributed by atoms with van der Waals surface area (Å²) in [6.45, 7) is 5.13. The predicted molar refractivity (Wildman–Crippen MR) is 61.3 cm³/mol. The lowest BCUT2D eigenvalue weighted by Crippen LogP contribution is -2.43. The van der Waals surface area contributed by atoms with Gasteiger partial charge in [-0.1, -0.05) is 12.8 Å². The van der Waals surface area contributed by atoms with Gasteiger partial charge in [0, 0.05) is 13.1 Å². The summed E-state index contributed by atoms with van der Waals surface area (Å²) in [6.07, 6.45) is 8.32. The highest BCUT2D eigenvalue weighted by atomic mass is 16.2. The Labute approximate surface area is 92.2 Å². The second kappa shape index (κ2) is 6.47. The number of carbonyl (C=O) groups excluding carboxylic acids is 1. The van der Waals surface area contributed by atoms with Crippen LogP contribution in [-0.2, 0) is 4.79 Å². The fraction of sp³-hybridized carbons (Fsp3) is 0.750. The highest BCUT2D eigenvalue weighted by Crippen LogP contribution is 2.13. The van der Waals surface area contributed by atoms with E-state index in [0.29, 0.717) is 6.54 Å². The molecule has 15 heavy (non-hydrogen) atoms. The summed E-state index contributed by atoms with van der Waals surface area (Å²) < 4.78 is 0.